The summed E-state index contributed by atoms with van der Waals surface area (Å²) in [7, 11) is 4.29. The zero-order valence-electron chi connectivity index (χ0n) is 28.9. The summed E-state index contributed by atoms with van der Waals surface area (Å²) in [5.74, 6) is 0.474. The van der Waals surface area contributed by atoms with Gasteiger partial charge in [0.2, 0.25) is 5.91 Å². The Kier molecular flexibility index (Phi) is 10.3. The molecule has 0 radical (unpaired) electrons. The van der Waals surface area contributed by atoms with Crippen LogP contribution in [0.2, 0.25) is 0 Å². The first-order valence-electron chi connectivity index (χ1n) is 16.6. The van der Waals surface area contributed by atoms with Crippen LogP contribution in [-0.2, 0) is 9.53 Å². The summed E-state index contributed by atoms with van der Waals surface area (Å²) in [5, 5.41) is 5.04. The number of fused-ring (bicyclic) bond motifs is 1. The highest BCUT2D eigenvalue weighted by molar-refractivity contribution is 6.03. The van der Waals surface area contributed by atoms with Crippen LogP contribution in [0.5, 0.6) is 11.5 Å². The Morgan fingerprint density at radius 2 is 1.69 bits per heavy atom. The molecular weight excluding hydrogens is 661 g/mol. The number of para-hydroxylation sites is 1. The molecule has 2 aliphatic rings. The van der Waals surface area contributed by atoms with E-state index in [0.717, 1.165) is 0 Å². The van der Waals surface area contributed by atoms with Crippen molar-refractivity contribution in [3.8, 4) is 11.5 Å². The summed E-state index contributed by atoms with van der Waals surface area (Å²) in [4.78, 5) is 64.0. The number of amides is 4. The highest BCUT2D eigenvalue weighted by Gasteiger charge is 2.39. The lowest BCUT2D eigenvalue weighted by atomic mass is 10.1. The average Bonchev–Trinajstić information content (AvgIpc) is 3.65. The fourth-order valence-corrected chi connectivity index (χ4v) is 6.68. The third-order valence-corrected chi connectivity index (χ3v) is 9.30. The van der Waals surface area contributed by atoms with Crippen LogP contribution in [0.1, 0.15) is 33.1 Å². The highest BCUT2D eigenvalue weighted by atomic mass is 19.1. The van der Waals surface area contributed by atoms with Gasteiger partial charge in [-0.15, -0.1) is 0 Å². The predicted octanol–water partition coefficient (Wildman–Crippen LogP) is 4.61. The van der Waals surface area contributed by atoms with Gasteiger partial charge < -0.3 is 29.4 Å². The molecule has 4 amide bonds. The van der Waals surface area contributed by atoms with Gasteiger partial charge in [0.15, 0.2) is 5.82 Å². The monoisotopic (exact) mass is 703 g/mol. The smallest absolute Gasteiger partial charge is 0.410 e. The Morgan fingerprint density at radius 1 is 0.961 bits per heavy atom. The lowest BCUT2D eigenvalue weighted by Crippen LogP contribution is -2.59. The summed E-state index contributed by atoms with van der Waals surface area (Å²) in [6.45, 7) is 3.35. The number of hydrogen-bond donors (Lipinski definition) is 1. The third-order valence-electron chi connectivity index (χ3n) is 9.30. The van der Waals surface area contributed by atoms with Crippen molar-refractivity contribution in [2.24, 2.45) is 0 Å². The first kappa shape index (κ1) is 35.0. The number of carbonyl (C=O) groups is 3. The summed E-state index contributed by atoms with van der Waals surface area (Å²) in [6, 6.07) is 15.3. The summed E-state index contributed by atoms with van der Waals surface area (Å²) in [6.07, 6.45) is 0.724. The zero-order valence-corrected chi connectivity index (χ0v) is 28.9. The van der Waals surface area contributed by atoms with Crippen LogP contribution in [0.4, 0.5) is 25.4 Å². The minimum Gasteiger partial charge on any atom is -0.497 e. The quantitative estimate of drug-likeness (QED) is 0.279. The number of nitrogens with zero attached hydrogens (tertiary/aromatic N) is 6. The first-order chi connectivity index (χ1) is 24.6. The van der Waals surface area contributed by atoms with E-state index in [9.17, 15) is 23.6 Å². The van der Waals surface area contributed by atoms with E-state index >= 15 is 0 Å². The second kappa shape index (κ2) is 14.9. The number of carbonyl (C=O) groups excluding carboxylic acids is 3. The third kappa shape index (κ3) is 6.96. The molecule has 0 spiro atoms. The second-order valence-corrected chi connectivity index (χ2v) is 12.2. The van der Waals surface area contributed by atoms with E-state index < -0.39 is 30.0 Å². The maximum absolute atomic E-state index is 14.3. The molecule has 0 bridgehead atoms. The zero-order chi connectivity index (χ0) is 36.2. The fraction of sp³-hybridized carbons (Fsp3) is 0.361. The molecule has 0 aliphatic carbocycles. The van der Waals surface area contributed by atoms with Crippen molar-refractivity contribution in [3.63, 3.8) is 0 Å². The minimum atomic E-state index is -0.878. The number of likely N-dealkylation sites (tertiary alicyclic amines) is 1. The number of ether oxygens (including phenoxy) is 3. The molecule has 2 aliphatic heterocycles. The first-order valence-corrected chi connectivity index (χ1v) is 16.6. The van der Waals surface area contributed by atoms with Gasteiger partial charge in [-0.25, -0.2) is 23.6 Å². The molecule has 2 atom stereocenters. The molecule has 270 valence electrons. The SMILES string of the molecule is COC(=O)N1CCC[C@H]1C(=O)N1CCN(n2c(C(C)N(C(=O)Nc3ccc(F)cc3)c3ccc(OC)cc3OC)nc3ccccc3c2=O)CC1.[HH]. The summed E-state index contributed by atoms with van der Waals surface area (Å²) in [5.41, 5.74) is 0.819. The number of methoxy groups -OCH3 is 3. The normalized spacial score (nSPS) is 16.5. The van der Waals surface area contributed by atoms with Gasteiger partial charge in [-0.2, -0.15) is 0 Å². The lowest BCUT2D eigenvalue weighted by Gasteiger charge is -2.40. The number of hydrogen-bond acceptors (Lipinski definition) is 9. The Hall–Kier alpha value is -5.86. The number of benzene rings is 3. The lowest BCUT2D eigenvalue weighted by molar-refractivity contribution is -0.136. The number of piperazine rings is 1. The van der Waals surface area contributed by atoms with E-state index in [1.807, 2.05) is 5.01 Å². The van der Waals surface area contributed by atoms with Crippen LogP contribution in [-0.4, -0.2) is 97.6 Å². The second-order valence-electron chi connectivity index (χ2n) is 12.2. The van der Waals surface area contributed by atoms with Crippen molar-refractivity contribution in [1.82, 2.24) is 19.5 Å². The van der Waals surface area contributed by atoms with Crippen LogP contribution < -0.4 is 30.3 Å². The number of nitrogens with one attached hydrogen (secondary N) is 1. The molecule has 1 unspecified atom stereocenters. The molecule has 2 saturated heterocycles. The molecule has 4 aromatic rings. The van der Waals surface area contributed by atoms with Crippen molar-refractivity contribution < 1.29 is 34.4 Å². The maximum Gasteiger partial charge on any atom is 0.410 e. The number of aromatic nitrogens is 2. The van der Waals surface area contributed by atoms with Crippen LogP contribution in [0.3, 0.4) is 0 Å². The number of urea groups is 1. The van der Waals surface area contributed by atoms with Crippen molar-refractivity contribution >= 4 is 40.3 Å². The number of anilines is 2. The van der Waals surface area contributed by atoms with Gasteiger partial charge in [-0.05, 0) is 68.3 Å². The predicted molar refractivity (Wildman–Crippen MR) is 191 cm³/mol. The molecule has 2 fully saturated rings. The van der Waals surface area contributed by atoms with Crippen LogP contribution in [0, 0.1) is 5.82 Å². The largest absolute Gasteiger partial charge is 0.497 e. The summed E-state index contributed by atoms with van der Waals surface area (Å²) < 4.78 is 31.2. The molecular formula is C36H42FN7O7. The van der Waals surface area contributed by atoms with Gasteiger partial charge >= 0.3 is 12.1 Å². The standard InChI is InChI=1S/C36H40FN7O7.H2/c1-23(43(29-16-15-26(49-2)22-31(29)50-3)35(47)38-25-13-11-24(37)12-14-25)32-39-28-9-6-5-8-27(28)33(45)44(32)41-20-18-40(19-21-41)34(46)30-10-7-17-42(30)36(48)51-4;/h5-6,8-9,11-16,22-23,30H,7,10,17-21H2,1-4H3,(H,38,47);1H/t23?,30-;/m0./s1. The molecule has 6 rings (SSSR count). The number of halogens is 1. The molecule has 51 heavy (non-hydrogen) atoms. The van der Waals surface area contributed by atoms with Gasteiger partial charge in [0.1, 0.15) is 23.4 Å². The number of rotatable bonds is 8. The highest BCUT2D eigenvalue weighted by Crippen LogP contribution is 2.37. The Balaban J connectivity index is 0.00000523. The minimum absolute atomic E-state index is 0. The van der Waals surface area contributed by atoms with Gasteiger partial charge in [-0.1, -0.05) is 12.1 Å². The van der Waals surface area contributed by atoms with E-state index in [0.29, 0.717) is 66.3 Å². The molecule has 1 N–H and O–H groups in total. The van der Waals surface area contributed by atoms with E-state index in [1.165, 1.54) is 60.1 Å². The summed E-state index contributed by atoms with van der Waals surface area (Å²) >= 11 is 0. The average molecular weight is 704 g/mol. The van der Waals surface area contributed by atoms with E-state index in [1.54, 1.807) is 54.3 Å². The van der Waals surface area contributed by atoms with Crippen molar-refractivity contribution in [2.45, 2.75) is 31.8 Å². The van der Waals surface area contributed by atoms with Gasteiger partial charge in [0.05, 0.1) is 57.1 Å². The van der Waals surface area contributed by atoms with Crippen molar-refractivity contribution in [3.05, 3.63) is 88.7 Å². The van der Waals surface area contributed by atoms with Gasteiger partial charge in [-0.3, -0.25) is 19.4 Å². The van der Waals surface area contributed by atoms with E-state index in [2.05, 4.69) is 5.32 Å². The van der Waals surface area contributed by atoms with E-state index in [-0.39, 0.29) is 31.8 Å². The molecule has 14 nitrogen and oxygen atoms in total. The molecule has 0 saturated carbocycles. The van der Waals surface area contributed by atoms with Crippen LogP contribution in [0.25, 0.3) is 10.9 Å². The Labute approximate surface area is 295 Å². The van der Waals surface area contributed by atoms with Crippen molar-refractivity contribution in [2.75, 3.05) is 69.3 Å². The Morgan fingerprint density at radius 3 is 2.37 bits per heavy atom. The molecule has 3 aromatic carbocycles. The molecule has 3 heterocycles. The fourth-order valence-electron chi connectivity index (χ4n) is 6.68. The van der Waals surface area contributed by atoms with Crippen LogP contribution >= 0.6 is 0 Å². The molecule has 15 heteroatoms. The molecule has 1 aromatic heterocycles. The van der Waals surface area contributed by atoms with Crippen molar-refractivity contribution in [1.29, 1.82) is 0 Å². The van der Waals surface area contributed by atoms with Gasteiger partial charge in [0.25, 0.3) is 5.56 Å². The maximum atomic E-state index is 14.3. The van der Waals surface area contributed by atoms with Crippen LogP contribution in [0.15, 0.2) is 71.5 Å². The van der Waals surface area contributed by atoms with Gasteiger partial charge in [0, 0.05) is 32.8 Å². The Bertz CT molecular complexity index is 1990. The van der Waals surface area contributed by atoms with E-state index in [4.69, 9.17) is 19.2 Å². The topological polar surface area (TPSA) is 139 Å².